The smallest absolute Gasteiger partial charge is 0.251 e. The largest absolute Gasteiger partial charge is 0.351 e. The molecule has 0 aromatic heterocycles. The molecule has 1 N–H and O–H groups in total. The zero-order valence-electron chi connectivity index (χ0n) is 17.9. The van der Waals surface area contributed by atoms with Crippen LogP contribution in [0.5, 0.6) is 0 Å². The molecule has 2 aliphatic rings. The number of para-hydroxylation sites is 1. The predicted octanol–water partition coefficient (Wildman–Crippen LogP) is 1.75. The molecule has 2 fully saturated rings. The first-order valence-corrected chi connectivity index (χ1v) is 10.9. The van der Waals surface area contributed by atoms with Crippen LogP contribution in [-0.4, -0.2) is 73.3 Å². The van der Waals surface area contributed by atoms with Crippen LogP contribution in [0.2, 0.25) is 0 Å². The zero-order valence-corrected chi connectivity index (χ0v) is 17.9. The van der Waals surface area contributed by atoms with E-state index in [1.807, 2.05) is 35.2 Å². The van der Waals surface area contributed by atoms with Gasteiger partial charge in [-0.15, -0.1) is 0 Å². The molecular weight excluding hydrogens is 411 g/mol. The number of amides is 3. The van der Waals surface area contributed by atoms with Crippen molar-refractivity contribution in [3.63, 3.8) is 0 Å². The van der Waals surface area contributed by atoms with E-state index in [0.717, 1.165) is 18.8 Å². The van der Waals surface area contributed by atoms with Crippen LogP contribution in [0.4, 0.5) is 10.1 Å². The number of hydrogen-bond acceptors (Lipinski definition) is 4. The van der Waals surface area contributed by atoms with Gasteiger partial charge in [0.25, 0.3) is 5.91 Å². The summed E-state index contributed by atoms with van der Waals surface area (Å²) in [6.07, 6.45) is 0.253. The third-order valence-electron chi connectivity index (χ3n) is 6.05. The Balaban J connectivity index is 1.20. The van der Waals surface area contributed by atoms with E-state index in [9.17, 15) is 18.8 Å². The van der Waals surface area contributed by atoms with E-state index in [1.165, 1.54) is 24.3 Å². The van der Waals surface area contributed by atoms with Crippen LogP contribution in [0.25, 0.3) is 0 Å². The van der Waals surface area contributed by atoms with Crippen molar-refractivity contribution in [3.05, 3.63) is 66.0 Å². The number of carbonyl (C=O) groups is 3. The minimum absolute atomic E-state index is 0.00918. The molecule has 2 heterocycles. The Morgan fingerprint density at radius 3 is 2.34 bits per heavy atom. The van der Waals surface area contributed by atoms with E-state index in [4.69, 9.17) is 0 Å². The summed E-state index contributed by atoms with van der Waals surface area (Å²) in [6.45, 7) is 4.26. The van der Waals surface area contributed by atoms with Gasteiger partial charge in [0.2, 0.25) is 11.8 Å². The summed E-state index contributed by atoms with van der Waals surface area (Å²) >= 11 is 0. The monoisotopic (exact) mass is 438 g/mol. The molecule has 7 nitrogen and oxygen atoms in total. The molecule has 2 aromatic rings. The molecule has 2 aliphatic heterocycles. The summed E-state index contributed by atoms with van der Waals surface area (Å²) in [5.74, 6) is -0.869. The third kappa shape index (κ3) is 5.13. The normalized spacial score (nSPS) is 19.3. The average Bonchev–Trinajstić information content (AvgIpc) is 3.21. The summed E-state index contributed by atoms with van der Waals surface area (Å²) in [5, 5.41) is 2.84. The van der Waals surface area contributed by atoms with Gasteiger partial charge in [-0.05, 0) is 36.4 Å². The summed E-state index contributed by atoms with van der Waals surface area (Å²) in [7, 11) is 0. The first kappa shape index (κ1) is 22.0. The lowest BCUT2D eigenvalue weighted by Crippen LogP contribution is -2.51. The fourth-order valence-corrected chi connectivity index (χ4v) is 4.21. The highest BCUT2D eigenvalue weighted by atomic mass is 19.1. The van der Waals surface area contributed by atoms with Crippen LogP contribution in [0.1, 0.15) is 16.8 Å². The van der Waals surface area contributed by atoms with Crippen molar-refractivity contribution in [1.82, 2.24) is 15.1 Å². The van der Waals surface area contributed by atoms with Gasteiger partial charge in [0, 0.05) is 63.5 Å². The van der Waals surface area contributed by atoms with E-state index < -0.39 is 0 Å². The number of carbonyl (C=O) groups excluding carboxylic acids is 3. The van der Waals surface area contributed by atoms with Crippen LogP contribution in [0.3, 0.4) is 0 Å². The van der Waals surface area contributed by atoms with Crippen molar-refractivity contribution in [2.24, 2.45) is 5.92 Å². The fraction of sp³-hybridized carbons (Fsp3) is 0.375. The number of anilines is 1. The van der Waals surface area contributed by atoms with E-state index >= 15 is 0 Å². The molecule has 8 heteroatoms. The van der Waals surface area contributed by atoms with Gasteiger partial charge < -0.3 is 15.1 Å². The lowest BCUT2D eigenvalue weighted by Gasteiger charge is -2.35. The maximum Gasteiger partial charge on any atom is 0.251 e. The molecule has 3 amide bonds. The molecule has 4 rings (SSSR count). The number of halogens is 1. The molecule has 32 heavy (non-hydrogen) atoms. The van der Waals surface area contributed by atoms with Crippen molar-refractivity contribution in [1.29, 1.82) is 0 Å². The van der Waals surface area contributed by atoms with Gasteiger partial charge in [-0.1, -0.05) is 18.2 Å². The molecule has 168 valence electrons. The first-order valence-electron chi connectivity index (χ1n) is 10.9. The van der Waals surface area contributed by atoms with E-state index in [-0.39, 0.29) is 35.9 Å². The van der Waals surface area contributed by atoms with Gasteiger partial charge in [-0.2, -0.15) is 0 Å². The molecule has 0 radical (unpaired) electrons. The van der Waals surface area contributed by atoms with Crippen molar-refractivity contribution in [3.8, 4) is 0 Å². The number of nitrogens with one attached hydrogen (secondary N) is 1. The molecule has 0 spiro atoms. The highest BCUT2D eigenvalue weighted by Crippen LogP contribution is 2.26. The zero-order chi connectivity index (χ0) is 22.5. The molecule has 1 atom stereocenters. The average molecular weight is 439 g/mol. The van der Waals surface area contributed by atoms with Gasteiger partial charge >= 0.3 is 0 Å². The number of piperazine rings is 1. The molecule has 2 aromatic carbocycles. The fourth-order valence-electron chi connectivity index (χ4n) is 4.21. The van der Waals surface area contributed by atoms with Crippen molar-refractivity contribution < 1.29 is 18.8 Å². The van der Waals surface area contributed by atoms with Crippen LogP contribution < -0.4 is 10.2 Å². The van der Waals surface area contributed by atoms with Crippen molar-refractivity contribution >= 4 is 23.4 Å². The maximum absolute atomic E-state index is 13.0. The van der Waals surface area contributed by atoms with E-state index in [0.29, 0.717) is 38.3 Å². The predicted molar refractivity (Wildman–Crippen MR) is 119 cm³/mol. The van der Waals surface area contributed by atoms with Crippen molar-refractivity contribution in [2.45, 2.75) is 6.42 Å². The third-order valence-corrected chi connectivity index (χ3v) is 6.05. The lowest BCUT2D eigenvalue weighted by molar-refractivity contribution is -0.137. The van der Waals surface area contributed by atoms with Gasteiger partial charge in [0.05, 0.1) is 5.92 Å². The summed E-state index contributed by atoms with van der Waals surface area (Å²) in [6, 6.07) is 14.9. The molecule has 1 unspecified atom stereocenters. The SMILES string of the molecule is O=C(NCCN1CCN(C(=O)C2CC(=O)N(c3ccccc3)C2)CC1)c1ccc(F)cc1. The topological polar surface area (TPSA) is 73.0 Å². The Hall–Kier alpha value is -3.26. The van der Waals surface area contributed by atoms with Crippen LogP contribution in [-0.2, 0) is 9.59 Å². The van der Waals surface area contributed by atoms with E-state index in [1.54, 1.807) is 4.90 Å². The Labute approximate surface area is 186 Å². The Morgan fingerprint density at radius 1 is 0.969 bits per heavy atom. The number of benzene rings is 2. The minimum atomic E-state index is -0.372. The summed E-state index contributed by atoms with van der Waals surface area (Å²) in [5.41, 5.74) is 1.26. The highest BCUT2D eigenvalue weighted by Gasteiger charge is 2.37. The molecule has 0 aliphatic carbocycles. The van der Waals surface area contributed by atoms with Crippen molar-refractivity contribution in [2.75, 3.05) is 50.7 Å². The second kappa shape index (κ2) is 9.91. The molecule has 2 saturated heterocycles. The highest BCUT2D eigenvalue weighted by molar-refractivity contribution is 6.00. The maximum atomic E-state index is 13.0. The number of rotatable bonds is 6. The molecule has 0 bridgehead atoms. The Bertz CT molecular complexity index is 959. The quantitative estimate of drug-likeness (QED) is 0.746. The number of nitrogens with zero attached hydrogens (tertiary/aromatic N) is 3. The van der Waals surface area contributed by atoms with Crippen LogP contribution in [0, 0.1) is 11.7 Å². The standard InChI is InChI=1S/C24H27FN4O3/c25-20-8-6-18(7-9-20)23(31)26-10-11-27-12-14-28(15-13-27)24(32)19-16-22(30)29(17-19)21-4-2-1-3-5-21/h1-9,19H,10-17H2,(H,26,31). The van der Waals surface area contributed by atoms with Crippen LogP contribution in [0.15, 0.2) is 54.6 Å². The molecule has 0 saturated carbocycles. The van der Waals surface area contributed by atoms with E-state index in [2.05, 4.69) is 10.2 Å². The number of hydrogen-bond donors (Lipinski definition) is 1. The Kier molecular flexibility index (Phi) is 6.80. The molecular formula is C24H27FN4O3. The van der Waals surface area contributed by atoms with Gasteiger partial charge in [-0.25, -0.2) is 4.39 Å². The van der Waals surface area contributed by atoms with Crippen LogP contribution >= 0.6 is 0 Å². The summed E-state index contributed by atoms with van der Waals surface area (Å²) < 4.78 is 13.0. The second-order valence-corrected chi connectivity index (χ2v) is 8.17. The first-order chi connectivity index (χ1) is 15.5. The van der Waals surface area contributed by atoms with Gasteiger partial charge in [0.15, 0.2) is 0 Å². The van der Waals surface area contributed by atoms with Gasteiger partial charge in [-0.3, -0.25) is 19.3 Å². The summed E-state index contributed by atoms with van der Waals surface area (Å²) in [4.78, 5) is 43.2. The Morgan fingerprint density at radius 2 is 1.66 bits per heavy atom. The minimum Gasteiger partial charge on any atom is -0.351 e. The lowest BCUT2D eigenvalue weighted by atomic mass is 10.1. The second-order valence-electron chi connectivity index (χ2n) is 8.17. The van der Waals surface area contributed by atoms with Gasteiger partial charge in [0.1, 0.15) is 5.82 Å².